The zero-order valence-electron chi connectivity index (χ0n) is 15.0. The molecule has 1 aromatic heterocycles. The van der Waals surface area contributed by atoms with Crippen molar-refractivity contribution in [2.24, 2.45) is 0 Å². The van der Waals surface area contributed by atoms with Gasteiger partial charge in [-0.15, -0.1) is 0 Å². The summed E-state index contributed by atoms with van der Waals surface area (Å²) in [6.07, 6.45) is 6.03. The molecule has 0 bridgehead atoms. The molecule has 2 rings (SSSR count). The molecule has 1 aromatic rings. The van der Waals surface area contributed by atoms with Gasteiger partial charge in [0.15, 0.2) is 0 Å². The van der Waals surface area contributed by atoms with Gasteiger partial charge in [-0.05, 0) is 13.3 Å². The van der Waals surface area contributed by atoms with Crippen LogP contribution >= 0.6 is 0 Å². The monoisotopic (exact) mass is 349 g/mol. The molecule has 0 atom stereocenters. The lowest BCUT2D eigenvalue weighted by atomic mass is 10.2. The summed E-state index contributed by atoms with van der Waals surface area (Å²) in [6.45, 7) is 7.39. The number of aromatic nitrogens is 2. The van der Waals surface area contributed by atoms with Crippen LogP contribution in [0.4, 0.5) is 10.7 Å². The summed E-state index contributed by atoms with van der Waals surface area (Å²) in [5, 5.41) is 2.87. The number of piperazine rings is 1. The van der Waals surface area contributed by atoms with Gasteiger partial charge in [0.25, 0.3) is 5.91 Å². The van der Waals surface area contributed by atoms with Crippen LogP contribution in [0, 0.1) is 0 Å². The number of hydrogen-bond acceptors (Lipinski definition) is 6. The summed E-state index contributed by atoms with van der Waals surface area (Å²) in [5.41, 5.74) is 0.463. The molecule has 1 aliphatic heterocycles. The Hall–Kier alpha value is -2.38. The van der Waals surface area contributed by atoms with Gasteiger partial charge in [-0.3, -0.25) is 4.79 Å². The van der Waals surface area contributed by atoms with Crippen LogP contribution in [-0.2, 0) is 4.74 Å². The topological polar surface area (TPSA) is 87.7 Å². The largest absolute Gasteiger partial charge is 0.450 e. The number of unbranched alkanes of at least 4 members (excludes halogenated alkanes) is 2. The van der Waals surface area contributed by atoms with E-state index in [0.717, 1.165) is 19.3 Å². The number of rotatable bonds is 7. The van der Waals surface area contributed by atoms with Crippen LogP contribution in [0.25, 0.3) is 0 Å². The highest BCUT2D eigenvalue weighted by atomic mass is 16.6. The van der Waals surface area contributed by atoms with Crippen LogP contribution in [0.2, 0.25) is 0 Å². The summed E-state index contributed by atoms with van der Waals surface area (Å²) in [4.78, 5) is 36.0. The van der Waals surface area contributed by atoms with Crippen LogP contribution in [-0.4, -0.2) is 66.2 Å². The summed E-state index contributed by atoms with van der Waals surface area (Å²) in [5.74, 6) is 0.431. The third-order valence-corrected chi connectivity index (χ3v) is 4.05. The number of carbonyl (C=O) groups excluding carboxylic acids is 2. The molecular weight excluding hydrogens is 322 g/mol. The Morgan fingerprint density at radius 3 is 2.40 bits per heavy atom. The lowest BCUT2D eigenvalue weighted by Crippen LogP contribution is -2.49. The van der Waals surface area contributed by atoms with E-state index in [1.54, 1.807) is 24.2 Å². The Labute approximate surface area is 148 Å². The maximum atomic E-state index is 12.0. The molecular formula is C17H27N5O3. The first-order valence-corrected chi connectivity index (χ1v) is 8.92. The maximum absolute atomic E-state index is 12.0. The number of nitrogens with one attached hydrogen (secondary N) is 1. The van der Waals surface area contributed by atoms with Gasteiger partial charge in [0.1, 0.15) is 0 Å². The van der Waals surface area contributed by atoms with E-state index in [0.29, 0.717) is 50.8 Å². The van der Waals surface area contributed by atoms with Crippen molar-refractivity contribution in [3.8, 4) is 0 Å². The SMILES string of the molecule is CCCCCNC(=O)c1cnc(N2CCN(C(=O)OCC)CC2)nc1. The fourth-order valence-corrected chi connectivity index (χ4v) is 2.58. The minimum Gasteiger partial charge on any atom is -0.450 e. The molecule has 0 aromatic carbocycles. The smallest absolute Gasteiger partial charge is 0.409 e. The third kappa shape index (κ3) is 5.58. The summed E-state index contributed by atoms with van der Waals surface area (Å²) in [7, 11) is 0. The van der Waals surface area contributed by atoms with E-state index in [2.05, 4.69) is 22.2 Å². The second-order valence-electron chi connectivity index (χ2n) is 5.91. The second kappa shape index (κ2) is 9.80. The third-order valence-electron chi connectivity index (χ3n) is 4.05. The normalized spacial score (nSPS) is 14.3. The number of nitrogens with zero attached hydrogens (tertiary/aromatic N) is 4. The van der Waals surface area contributed by atoms with E-state index >= 15 is 0 Å². The molecule has 2 amide bonds. The van der Waals surface area contributed by atoms with Crippen LogP contribution in [0.15, 0.2) is 12.4 Å². The van der Waals surface area contributed by atoms with E-state index in [1.165, 1.54) is 0 Å². The molecule has 0 unspecified atom stereocenters. The molecule has 0 saturated carbocycles. The van der Waals surface area contributed by atoms with Crippen molar-refractivity contribution >= 4 is 17.9 Å². The highest BCUT2D eigenvalue weighted by Gasteiger charge is 2.23. The Kier molecular flexibility index (Phi) is 7.43. The highest BCUT2D eigenvalue weighted by molar-refractivity contribution is 5.93. The van der Waals surface area contributed by atoms with Crippen molar-refractivity contribution in [3.63, 3.8) is 0 Å². The minimum atomic E-state index is -0.279. The van der Waals surface area contributed by atoms with E-state index in [4.69, 9.17) is 4.74 Å². The summed E-state index contributed by atoms with van der Waals surface area (Å²) < 4.78 is 5.00. The fourth-order valence-electron chi connectivity index (χ4n) is 2.58. The van der Waals surface area contributed by atoms with Crippen LogP contribution in [0.5, 0.6) is 0 Å². The fraction of sp³-hybridized carbons (Fsp3) is 0.647. The average molecular weight is 349 g/mol. The molecule has 138 valence electrons. The van der Waals surface area contributed by atoms with E-state index in [-0.39, 0.29) is 12.0 Å². The summed E-state index contributed by atoms with van der Waals surface area (Å²) >= 11 is 0. The zero-order valence-corrected chi connectivity index (χ0v) is 15.0. The van der Waals surface area contributed by atoms with E-state index < -0.39 is 0 Å². The average Bonchev–Trinajstić information content (AvgIpc) is 2.65. The molecule has 0 aliphatic carbocycles. The van der Waals surface area contributed by atoms with Gasteiger partial charge in [-0.1, -0.05) is 19.8 Å². The standard InChI is InChI=1S/C17H27N5O3/c1-3-5-6-7-18-15(23)14-12-19-16(20-13-14)21-8-10-22(11-9-21)17(24)25-4-2/h12-13H,3-11H2,1-2H3,(H,18,23). The Bertz CT molecular complexity index is 556. The number of carbonyl (C=O) groups is 2. The number of ether oxygens (including phenoxy) is 1. The number of anilines is 1. The van der Waals surface area contributed by atoms with Crippen LogP contribution in [0.3, 0.4) is 0 Å². The second-order valence-corrected chi connectivity index (χ2v) is 5.91. The first-order valence-electron chi connectivity index (χ1n) is 8.92. The van der Waals surface area contributed by atoms with E-state index in [9.17, 15) is 9.59 Å². The number of amides is 2. The first-order chi connectivity index (χ1) is 12.2. The van der Waals surface area contributed by atoms with Gasteiger partial charge in [0.05, 0.1) is 12.2 Å². The molecule has 25 heavy (non-hydrogen) atoms. The molecule has 1 saturated heterocycles. The Balaban J connectivity index is 1.82. The Morgan fingerprint density at radius 2 is 1.80 bits per heavy atom. The van der Waals surface area contributed by atoms with Gasteiger partial charge in [0, 0.05) is 45.1 Å². The van der Waals surface area contributed by atoms with E-state index in [1.807, 2.05) is 4.90 Å². The molecule has 1 N–H and O–H groups in total. The predicted octanol–water partition coefficient (Wildman–Crippen LogP) is 1.68. The zero-order chi connectivity index (χ0) is 18.1. The molecule has 8 heteroatoms. The van der Waals surface area contributed by atoms with Crippen molar-refractivity contribution in [2.45, 2.75) is 33.1 Å². The highest BCUT2D eigenvalue weighted by Crippen LogP contribution is 2.11. The minimum absolute atomic E-state index is 0.144. The molecule has 2 heterocycles. The predicted molar refractivity (Wildman–Crippen MR) is 94.7 cm³/mol. The van der Waals surface area contributed by atoms with Crippen molar-refractivity contribution in [1.82, 2.24) is 20.2 Å². The van der Waals surface area contributed by atoms with Gasteiger partial charge in [0.2, 0.25) is 5.95 Å². The van der Waals surface area contributed by atoms with Crippen LogP contribution < -0.4 is 10.2 Å². The quantitative estimate of drug-likeness (QED) is 0.754. The van der Waals surface area contributed by atoms with Gasteiger partial charge < -0.3 is 19.9 Å². The van der Waals surface area contributed by atoms with Gasteiger partial charge in [-0.25, -0.2) is 14.8 Å². The lowest BCUT2D eigenvalue weighted by Gasteiger charge is -2.33. The molecule has 0 spiro atoms. The van der Waals surface area contributed by atoms with Crippen molar-refractivity contribution in [3.05, 3.63) is 18.0 Å². The maximum Gasteiger partial charge on any atom is 0.409 e. The molecule has 1 fully saturated rings. The lowest BCUT2D eigenvalue weighted by molar-refractivity contribution is 0.0951. The van der Waals surface area contributed by atoms with Crippen molar-refractivity contribution in [1.29, 1.82) is 0 Å². The molecule has 8 nitrogen and oxygen atoms in total. The van der Waals surface area contributed by atoms with Gasteiger partial charge >= 0.3 is 6.09 Å². The first kappa shape index (κ1) is 19.0. The van der Waals surface area contributed by atoms with Crippen molar-refractivity contribution in [2.75, 3.05) is 44.2 Å². The number of hydrogen-bond donors (Lipinski definition) is 1. The summed E-state index contributed by atoms with van der Waals surface area (Å²) in [6, 6.07) is 0. The van der Waals surface area contributed by atoms with Gasteiger partial charge in [-0.2, -0.15) is 0 Å². The Morgan fingerprint density at radius 1 is 1.12 bits per heavy atom. The molecule has 1 aliphatic rings. The van der Waals surface area contributed by atoms with Crippen LogP contribution in [0.1, 0.15) is 43.5 Å². The van der Waals surface area contributed by atoms with Crippen molar-refractivity contribution < 1.29 is 14.3 Å². The molecule has 0 radical (unpaired) electrons.